The summed E-state index contributed by atoms with van der Waals surface area (Å²) in [5, 5.41) is 5.90. The summed E-state index contributed by atoms with van der Waals surface area (Å²) in [6.07, 6.45) is -1.16. The molecule has 1 fully saturated rings. The smallest absolute Gasteiger partial charge is 0.361 e. The molecule has 1 aliphatic carbocycles. The molecule has 0 saturated heterocycles. The van der Waals surface area contributed by atoms with Gasteiger partial charge in [-0.25, -0.2) is 8.78 Å². The van der Waals surface area contributed by atoms with Gasteiger partial charge in [0.15, 0.2) is 5.69 Å². The number of aryl methyl sites for hydroxylation is 3. The van der Waals surface area contributed by atoms with Crippen LogP contribution in [0.1, 0.15) is 42.8 Å². The van der Waals surface area contributed by atoms with Gasteiger partial charge in [-0.15, -0.1) is 0 Å². The molecule has 0 spiro atoms. The van der Waals surface area contributed by atoms with Crippen molar-refractivity contribution in [3.05, 3.63) is 41.8 Å². The summed E-state index contributed by atoms with van der Waals surface area (Å²) in [7, 11) is 14.6. The van der Waals surface area contributed by atoms with E-state index in [-0.39, 0.29) is 42.3 Å². The minimum atomic E-state index is -4.72. The van der Waals surface area contributed by atoms with E-state index in [9.17, 15) is 22.0 Å². The van der Waals surface area contributed by atoms with Gasteiger partial charge < -0.3 is 9.09 Å². The average Bonchev–Trinajstić information content (AvgIpc) is 3.47. The zero-order chi connectivity index (χ0) is 26.9. The highest BCUT2D eigenvalue weighted by atomic mass is 19.4. The highest BCUT2D eigenvalue weighted by Gasteiger charge is 2.42. The van der Waals surface area contributed by atoms with E-state index in [1.807, 2.05) is 0 Å². The summed E-state index contributed by atoms with van der Waals surface area (Å²) >= 11 is 0. The van der Waals surface area contributed by atoms with E-state index in [0.717, 1.165) is 4.68 Å². The summed E-state index contributed by atoms with van der Waals surface area (Å²) in [4.78, 5) is 4.50. The van der Waals surface area contributed by atoms with E-state index in [2.05, 4.69) is 15.2 Å². The molecule has 4 radical (unpaired) electrons. The van der Waals surface area contributed by atoms with E-state index in [0.29, 0.717) is 28.1 Å². The molecule has 5 rings (SSSR count). The molecular weight excluding hydrogens is 491 g/mol. The number of rotatable bonds is 4. The second kappa shape index (κ2) is 8.46. The molecule has 0 atom stereocenters. The molecular formula is C24H22B2F5N5O. The molecule has 4 aromatic rings. The first-order valence-electron chi connectivity index (χ1n) is 11.7. The second-order valence-electron chi connectivity index (χ2n) is 9.78. The zero-order valence-corrected chi connectivity index (χ0v) is 20.4. The topological polar surface area (TPSA) is 61.7 Å². The Morgan fingerprint density at radius 1 is 1.08 bits per heavy atom. The standard InChI is InChI=1S/C24H22B2F5N5O/c1-12-19(13(2)37-34-12)14-8-18-20(32-9-14)16(17-10-35(3)33-21(17)24(29,30)31)11-36(18)23(25,26)15-4-6-22(27,28)7-5-15/h8-11,15H,4-7H2,1-3H3. The first kappa shape index (κ1) is 25.5. The molecule has 0 amide bonds. The molecule has 6 nitrogen and oxygen atoms in total. The van der Waals surface area contributed by atoms with Crippen LogP contribution in [0.15, 0.2) is 29.2 Å². The molecule has 1 saturated carbocycles. The van der Waals surface area contributed by atoms with Crippen molar-refractivity contribution in [1.82, 2.24) is 24.5 Å². The van der Waals surface area contributed by atoms with Gasteiger partial charge >= 0.3 is 6.18 Å². The third-order valence-electron chi connectivity index (χ3n) is 7.14. The van der Waals surface area contributed by atoms with Crippen LogP contribution in [0.3, 0.4) is 0 Å². The van der Waals surface area contributed by atoms with Gasteiger partial charge in [-0.05, 0) is 44.0 Å². The Morgan fingerprint density at radius 2 is 1.76 bits per heavy atom. The molecule has 0 aliphatic heterocycles. The fraction of sp³-hybridized carbons (Fsp3) is 0.458. The Hall–Kier alpha value is -3.11. The number of hydrogen-bond acceptors (Lipinski definition) is 4. The molecule has 1 aliphatic rings. The molecule has 0 unspecified atom stereocenters. The quantitative estimate of drug-likeness (QED) is 0.267. The first-order valence-corrected chi connectivity index (χ1v) is 11.7. The lowest BCUT2D eigenvalue weighted by Gasteiger charge is -2.42. The Kier molecular flexibility index (Phi) is 5.84. The number of pyridine rings is 1. The van der Waals surface area contributed by atoms with Gasteiger partial charge in [0.25, 0.3) is 0 Å². The fourth-order valence-electron chi connectivity index (χ4n) is 5.25. The van der Waals surface area contributed by atoms with Crippen LogP contribution in [0.2, 0.25) is 0 Å². The van der Waals surface area contributed by atoms with E-state index in [1.165, 1.54) is 30.2 Å². The molecule has 13 heteroatoms. The van der Waals surface area contributed by atoms with Crippen LogP contribution in [-0.4, -0.2) is 46.1 Å². The predicted molar refractivity (Wildman–Crippen MR) is 128 cm³/mol. The average molecular weight is 513 g/mol. The van der Waals surface area contributed by atoms with Crippen molar-refractivity contribution in [2.75, 3.05) is 0 Å². The summed E-state index contributed by atoms with van der Waals surface area (Å²) in [6, 6.07) is 1.70. The van der Waals surface area contributed by atoms with Crippen LogP contribution in [0, 0.1) is 19.8 Å². The maximum absolute atomic E-state index is 13.9. The van der Waals surface area contributed by atoms with Crippen LogP contribution in [-0.2, 0) is 18.6 Å². The Labute approximate surface area is 212 Å². The van der Waals surface area contributed by atoms with Crippen molar-refractivity contribution in [3.8, 4) is 22.3 Å². The van der Waals surface area contributed by atoms with Gasteiger partial charge in [-0.3, -0.25) is 9.67 Å². The zero-order valence-electron chi connectivity index (χ0n) is 20.4. The van der Waals surface area contributed by atoms with Gasteiger partial charge in [0.2, 0.25) is 5.92 Å². The number of fused-ring (bicyclic) bond motifs is 1. The van der Waals surface area contributed by atoms with E-state index < -0.39 is 29.0 Å². The number of alkyl halides is 5. The minimum absolute atomic E-state index is 0.0622. The number of halogens is 5. The lowest BCUT2D eigenvalue weighted by Crippen LogP contribution is -2.45. The summed E-state index contributed by atoms with van der Waals surface area (Å²) in [6.45, 7) is 3.48. The van der Waals surface area contributed by atoms with Crippen LogP contribution in [0.25, 0.3) is 33.3 Å². The number of aromatic nitrogens is 5. The first-order chi connectivity index (χ1) is 17.2. The SMILES string of the molecule is [B]C([B])(C1CCC(F)(F)CC1)n1cc(-c2cn(C)nc2C(F)(F)F)c2ncc(-c3c(C)noc3C)cc21. The molecule has 0 bridgehead atoms. The maximum atomic E-state index is 13.9. The predicted octanol–water partition coefficient (Wildman–Crippen LogP) is 5.50. The maximum Gasteiger partial charge on any atom is 0.435 e. The number of nitrogens with zero attached hydrogens (tertiary/aromatic N) is 5. The van der Waals surface area contributed by atoms with Crippen molar-refractivity contribution in [1.29, 1.82) is 0 Å². The molecule has 37 heavy (non-hydrogen) atoms. The lowest BCUT2D eigenvalue weighted by atomic mass is 9.52. The van der Waals surface area contributed by atoms with Crippen LogP contribution >= 0.6 is 0 Å². The van der Waals surface area contributed by atoms with Crippen LogP contribution < -0.4 is 0 Å². The largest absolute Gasteiger partial charge is 0.435 e. The van der Waals surface area contributed by atoms with E-state index >= 15 is 0 Å². The van der Waals surface area contributed by atoms with Crippen molar-refractivity contribution in [3.63, 3.8) is 0 Å². The summed E-state index contributed by atoms with van der Waals surface area (Å²) in [5.74, 6) is -2.81. The third-order valence-corrected chi connectivity index (χ3v) is 7.14. The molecule has 0 N–H and O–H groups in total. The second-order valence-corrected chi connectivity index (χ2v) is 9.78. The van der Waals surface area contributed by atoms with Gasteiger partial charge in [0, 0.05) is 60.7 Å². The van der Waals surface area contributed by atoms with Crippen LogP contribution in [0.5, 0.6) is 0 Å². The Morgan fingerprint density at radius 3 is 2.35 bits per heavy atom. The Balaban J connectivity index is 1.74. The van der Waals surface area contributed by atoms with Gasteiger partial charge in [0.1, 0.15) is 5.76 Å². The monoisotopic (exact) mass is 513 g/mol. The molecule has 190 valence electrons. The lowest BCUT2D eigenvalue weighted by molar-refractivity contribution is -0.140. The summed E-state index contributed by atoms with van der Waals surface area (Å²) in [5.41, 5.74) is 1.31. The van der Waals surface area contributed by atoms with Crippen molar-refractivity contribution >= 4 is 26.7 Å². The third kappa shape index (κ3) is 4.35. The number of hydrogen-bond donors (Lipinski definition) is 0. The summed E-state index contributed by atoms with van der Waals surface area (Å²) < 4.78 is 77.1. The fourth-order valence-corrected chi connectivity index (χ4v) is 5.25. The Bertz CT molecular complexity index is 1460. The van der Waals surface area contributed by atoms with E-state index in [4.69, 9.17) is 20.2 Å². The molecule has 4 heterocycles. The highest BCUT2D eigenvalue weighted by Crippen LogP contribution is 2.45. The van der Waals surface area contributed by atoms with Gasteiger partial charge in [-0.1, -0.05) is 5.16 Å². The van der Waals surface area contributed by atoms with Crippen molar-refractivity contribution in [2.24, 2.45) is 13.0 Å². The molecule has 0 aromatic carbocycles. The van der Waals surface area contributed by atoms with Crippen molar-refractivity contribution in [2.45, 2.75) is 57.0 Å². The van der Waals surface area contributed by atoms with Crippen LogP contribution in [0.4, 0.5) is 22.0 Å². The normalized spacial score (nSPS) is 17.1. The van der Waals surface area contributed by atoms with E-state index in [1.54, 1.807) is 19.9 Å². The highest BCUT2D eigenvalue weighted by molar-refractivity contribution is 6.38. The van der Waals surface area contributed by atoms with Gasteiger partial charge in [0.05, 0.1) is 32.4 Å². The molecule has 4 aromatic heterocycles. The minimum Gasteiger partial charge on any atom is -0.361 e. The van der Waals surface area contributed by atoms with Gasteiger partial charge in [-0.2, -0.15) is 18.3 Å². The van der Waals surface area contributed by atoms with Crippen molar-refractivity contribution < 1.29 is 26.5 Å².